The quantitative estimate of drug-likeness (QED) is 0.566. The Hall–Kier alpha value is -0.760. The lowest BCUT2D eigenvalue weighted by atomic mass is 10.3. The van der Waals surface area contributed by atoms with Crippen molar-refractivity contribution < 1.29 is 8.42 Å². The van der Waals surface area contributed by atoms with Gasteiger partial charge in [-0.2, -0.15) is 12.8 Å². The van der Waals surface area contributed by atoms with Gasteiger partial charge in [-0.05, 0) is 13.0 Å². The Labute approximate surface area is 95.9 Å². The molecule has 0 spiro atoms. The number of halogens is 2. The lowest BCUT2D eigenvalue weighted by Gasteiger charge is -2.22. The predicted molar refractivity (Wildman–Crippen MR) is 56.7 cm³/mol. The standard InChI is InChI=1S/C6H6Cl2N4O2S/c1-4-2-5(7)12-6(9-4)3-11(10-12)15(8,13)14/h2-3,10H,1H3. The van der Waals surface area contributed by atoms with Gasteiger partial charge in [-0.15, -0.1) is 5.53 Å². The third kappa shape index (κ3) is 1.96. The molecule has 82 valence electrons. The number of aliphatic imine (C=N–C) groups is 1. The monoisotopic (exact) mass is 268 g/mol. The van der Waals surface area contributed by atoms with Crippen LogP contribution in [0.15, 0.2) is 28.2 Å². The molecule has 0 aromatic carbocycles. The number of hydrazine groups is 2. The van der Waals surface area contributed by atoms with Gasteiger partial charge in [-0.1, -0.05) is 11.6 Å². The van der Waals surface area contributed by atoms with E-state index in [9.17, 15) is 8.42 Å². The van der Waals surface area contributed by atoms with Crippen LogP contribution >= 0.6 is 22.3 Å². The molecule has 0 bridgehead atoms. The van der Waals surface area contributed by atoms with E-state index in [1.807, 2.05) is 0 Å². The molecule has 15 heavy (non-hydrogen) atoms. The van der Waals surface area contributed by atoms with Crippen molar-refractivity contribution >= 4 is 37.2 Å². The molecule has 0 saturated carbocycles. The van der Waals surface area contributed by atoms with Gasteiger partial charge in [0.25, 0.3) is 0 Å². The van der Waals surface area contributed by atoms with Crippen LogP contribution in [0, 0.1) is 0 Å². The highest BCUT2D eigenvalue weighted by Crippen LogP contribution is 2.26. The zero-order valence-electron chi connectivity index (χ0n) is 7.48. The van der Waals surface area contributed by atoms with Crippen LogP contribution in [0.3, 0.4) is 0 Å². The molecule has 0 aromatic rings. The van der Waals surface area contributed by atoms with Crippen LogP contribution in [0.25, 0.3) is 0 Å². The van der Waals surface area contributed by atoms with Crippen molar-refractivity contribution in [3.05, 3.63) is 23.3 Å². The van der Waals surface area contributed by atoms with Crippen LogP contribution in [0.4, 0.5) is 0 Å². The normalized spacial score (nSPS) is 20.9. The maximum Gasteiger partial charge on any atom is 0.336 e. The molecule has 0 unspecified atom stereocenters. The minimum Gasteiger partial charge on any atom is -0.233 e. The van der Waals surface area contributed by atoms with E-state index < -0.39 is 9.24 Å². The van der Waals surface area contributed by atoms with Gasteiger partial charge in [0, 0.05) is 16.4 Å². The molecular weight excluding hydrogens is 263 g/mol. The van der Waals surface area contributed by atoms with Gasteiger partial charge in [0.2, 0.25) is 0 Å². The lowest BCUT2D eigenvalue weighted by Crippen LogP contribution is -2.41. The molecule has 2 aliphatic heterocycles. The second-order valence-corrected chi connectivity index (χ2v) is 5.66. The minimum absolute atomic E-state index is 0.316. The van der Waals surface area contributed by atoms with Gasteiger partial charge < -0.3 is 0 Å². The SMILES string of the molecule is CC1=NC2=CN(S(=O)(=O)Cl)NN2C(Cl)=C1. The molecule has 0 amide bonds. The molecule has 0 atom stereocenters. The molecule has 0 aliphatic carbocycles. The molecule has 2 aliphatic rings. The van der Waals surface area contributed by atoms with Crippen molar-refractivity contribution in [3.8, 4) is 0 Å². The van der Waals surface area contributed by atoms with E-state index in [0.29, 0.717) is 16.7 Å². The fourth-order valence-electron chi connectivity index (χ4n) is 1.14. The lowest BCUT2D eigenvalue weighted by molar-refractivity contribution is 0.248. The van der Waals surface area contributed by atoms with Crippen molar-refractivity contribution in [1.82, 2.24) is 15.0 Å². The van der Waals surface area contributed by atoms with Crippen LogP contribution in [0.5, 0.6) is 0 Å². The summed E-state index contributed by atoms with van der Waals surface area (Å²) in [6, 6.07) is 0. The molecule has 0 fully saturated rings. The highest BCUT2D eigenvalue weighted by molar-refractivity contribution is 8.11. The smallest absolute Gasteiger partial charge is 0.233 e. The highest BCUT2D eigenvalue weighted by Gasteiger charge is 2.31. The van der Waals surface area contributed by atoms with Gasteiger partial charge in [0.05, 0.1) is 6.20 Å². The van der Waals surface area contributed by atoms with Crippen molar-refractivity contribution in [1.29, 1.82) is 0 Å². The van der Waals surface area contributed by atoms with Gasteiger partial charge in [-0.3, -0.25) is 0 Å². The Balaban J connectivity index is 2.38. The van der Waals surface area contributed by atoms with Crippen LogP contribution in [-0.2, 0) is 9.24 Å². The number of rotatable bonds is 1. The fourth-order valence-corrected chi connectivity index (χ4v) is 2.03. The zero-order valence-corrected chi connectivity index (χ0v) is 9.81. The molecule has 6 nitrogen and oxygen atoms in total. The molecule has 0 radical (unpaired) electrons. The molecule has 0 saturated heterocycles. The highest BCUT2D eigenvalue weighted by atomic mass is 35.7. The van der Waals surface area contributed by atoms with Crippen LogP contribution in [0.2, 0.25) is 0 Å². The van der Waals surface area contributed by atoms with Crippen molar-refractivity contribution in [2.45, 2.75) is 6.92 Å². The number of fused-ring (bicyclic) bond motifs is 1. The van der Waals surface area contributed by atoms with Gasteiger partial charge in [0.15, 0.2) is 5.82 Å². The van der Waals surface area contributed by atoms with Gasteiger partial charge >= 0.3 is 9.24 Å². The average Bonchev–Trinajstić information content (AvgIpc) is 2.46. The molecule has 2 rings (SSSR count). The van der Waals surface area contributed by atoms with Crippen molar-refractivity contribution in [3.63, 3.8) is 0 Å². The van der Waals surface area contributed by atoms with Gasteiger partial charge in [-0.25, -0.2) is 10.0 Å². The van der Waals surface area contributed by atoms with Crippen molar-refractivity contribution in [2.24, 2.45) is 4.99 Å². The first-order valence-corrected chi connectivity index (χ1v) is 6.47. The van der Waals surface area contributed by atoms with Crippen molar-refractivity contribution in [2.75, 3.05) is 0 Å². The molecule has 9 heteroatoms. The van der Waals surface area contributed by atoms with Crippen LogP contribution < -0.4 is 5.53 Å². The van der Waals surface area contributed by atoms with E-state index in [-0.39, 0.29) is 0 Å². The number of allylic oxidation sites excluding steroid dienone is 1. The summed E-state index contributed by atoms with van der Waals surface area (Å²) in [7, 11) is 1.26. The first-order valence-electron chi connectivity index (χ1n) is 3.83. The Morgan fingerprint density at radius 1 is 1.53 bits per heavy atom. The molecule has 1 N–H and O–H groups in total. The summed E-state index contributed by atoms with van der Waals surface area (Å²) < 4.78 is 22.7. The first kappa shape index (κ1) is 10.7. The molecule has 2 heterocycles. The van der Waals surface area contributed by atoms with E-state index in [4.69, 9.17) is 22.3 Å². The van der Waals surface area contributed by atoms with E-state index >= 15 is 0 Å². The maximum absolute atomic E-state index is 11.0. The van der Waals surface area contributed by atoms with E-state index in [0.717, 1.165) is 4.41 Å². The maximum atomic E-state index is 11.0. The average molecular weight is 269 g/mol. The Kier molecular flexibility index (Phi) is 2.42. The summed E-state index contributed by atoms with van der Waals surface area (Å²) in [6.07, 6.45) is 2.83. The number of nitrogens with one attached hydrogen (secondary N) is 1. The van der Waals surface area contributed by atoms with E-state index in [1.54, 1.807) is 13.0 Å². The second kappa shape index (κ2) is 3.38. The van der Waals surface area contributed by atoms with E-state index in [2.05, 4.69) is 10.5 Å². The summed E-state index contributed by atoms with van der Waals surface area (Å²) in [5.41, 5.74) is 3.13. The zero-order chi connectivity index (χ0) is 11.2. The topological polar surface area (TPSA) is 65.0 Å². The van der Waals surface area contributed by atoms with Gasteiger partial charge in [0.1, 0.15) is 5.16 Å². The third-order valence-corrected chi connectivity index (χ3v) is 3.11. The second-order valence-electron chi connectivity index (χ2n) is 2.88. The van der Waals surface area contributed by atoms with Crippen LogP contribution in [-0.4, -0.2) is 23.6 Å². The number of hydrogen-bond donors (Lipinski definition) is 1. The number of nitrogens with zero attached hydrogens (tertiary/aromatic N) is 3. The summed E-state index contributed by atoms with van der Waals surface area (Å²) in [6.45, 7) is 1.75. The Morgan fingerprint density at radius 3 is 2.80 bits per heavy atom. The third-order valence-electron chi connectivity index (χ3n) is 1.73. The predicted octanol–water partition coefficient (Wildman–Crippen LogP) is 0.861. The fraction of sp³-hybridized carbons (Fsp3) is 0.167. The van der Waals surface area contributed by atoms with E-state index in [1.165, 1.54) is 11.2 Å². The largest absolute Gasteiger partial charge is 0.336 e. The minimum atomic E-state index is -3.88. The molecular formula is C6H6Cl2N4O2S. The summed E-state index contributed by atoms with van der Waals surface area (Å²) in [5.74, 6) is 0.365. The summed E-state index contributed by atoms with van der Waals surface area (Å²) >= 11 is 5.87. The summed E-state index contributed by atoms with van der Waals surface area (Å²) in [4.78, 5) is 4.07. The Morgan fingerprint density at radius 2 is 2.20 bits per heavy atom. The first-order chi connectivity index (χ1) is 6.88. The number of hydrogen-bond acceptors (Lipinski definition) is 5. The Bertz CT molecular complexity index is 495. The molecule has 0 aromatic heterocycles. The summed E-state index contributed by atoms with van der Waals surface area (Å²) in [5, 5.41) is 1.62. The van der Waals surface area contributed by atoms with Crippen LogP contribution in [0.1, 0.15) is 6.92 Å².